The van der Waals surface area contributed by atoms with Crippen molar-refractivity contribution in [2.75, 3.05) is 19.8 Å². The van der Waals surface area contributed by atoms with Crippen LogP contribution in [0.4, 0.5) is 0 Å². The molecule has 0 heterocycles. The van der Waals surface area contributed by atoms with E-state index in [0.717, 1.165) is 24.3 Å². The fourth-order valence-corrected chi connectivity index (χ4v) is 0.941. The van der Waals surface area contributed by atoms with Gasteiger partial charge in [0.05, 0.1) is 0 Å². The van der Waals surface area contributed by atoms with Gasteiger partial charge in [0, 0.05) is 24.3 Å². The molecule has 0 fully saturated rings. The van der Waals surface area contributed by atoms with E-state index in [1.165, 1.54) is 0 Å². The van der Waals surface area contributed by atoms with Crippen LogP contribution >= 0.6 is 0 Å². The maximum absolute atomic E-state index is 10.6. The van der Waals surface area contributed by atoms with E-state index in [1.54, 1.807) is 6.92 Å². The topological polar surface area (TPSA) is 105 Å². The smallest absolute Gasteiger partial charge is 0.330 e. The number of carbonyl (C=O) groups excluding carboxylic acids is 4. The van der Waals surface area contributed by atoms with Crippen molar-refractivity contribution in [2.45, 2.75) is 13.0 Å². The molecule has 25 heavy (non-hydrogen) atoms. The van der Waals surface area contributed by atoms with Crippen molar-refractivity contribution >= 4 is 23.9 Å². The first-order chi connectivity index (χ1) is 11.8. The van der Waals surface area contributed by atoms with E-state index < -0.39 is 30.0 Å². The lowest BCUT2D eigenvalue weighted by Gasteiger charge is -2.10. The summed E-state index contributed by atoms with van der Waals surface area (Å²) in [5.74, 6) is -2.15. The molecule has 8 heteroatoms. The Kier molecular flexibility index (Phi) is 15.2. The lowest BCUT2D eigenvalue weighted by molar-refractivity contribution is -0.151. The quantitative estimate of drug-likeness (QED) is 0.250. The maximum Gasteiger partial charge on any atom is 0.330 e. The zero-order valence-corrected chi connectivity index (χ0v) is 14.1. The Morgan fingerprint density at radius 2 is 1.08 bits per heavy atom. The molecular formula is C17H22O8. The van der Waals surface area contributed by atoms with Crippen LogP contribution in [0.5, 0.6) is 0 Å². The Balaban J connectivity index is 0. The predicted molar refractivity (Wildman–Crippen MR) is 89.2 cm³/mol. The summed E-state index contributed by atoms with van der Waals surface area (Å²) in [4.78, 5) is 42.1. The summed E-state index contributed by atoms with van der Waals surface area (Å²) < 4.78 is 18.4. The van der Waals surface area contributed by atoms with E-state index in [-0.39, 0.29) is 19.8 Å². The molecule has 138 valence electrons. The van der Waals surface area contributed by atoms with E-state index in [0.29, 0.717) is 0 Å². The van der Waals surface area contributed by atoms with Crippen LogP contribution in [0.3, 0.4) is 0 Å². The fraction of sp³-hybridized carbons (Fsp3) is 0.294. The highest BCUT2D eigenvalue weighted by Crippen LogP contribution is 1.94. The zero-order valence-electron chi connectivity index (χ0n) is 14.1. The molecule has 0 aromatic rings. The molecule has 0 saturated heterocycles. The average Bonchev–Trinajstić information content (AvgIpc) is 2.62. The van der Waals surface area contributed by atoms with Crippen molar-refractivity contribution in [3.05, 3.63) is 50.6 Å². The molecule has 0 amide bonds. The van der Waals surface area contributed by atoms with Crippen molar-refractivity contribution in [3.63, 3.8) is 0 Å². The van der Waals surface area contributed by atoms with Gasteiger partial charge in [0.2, 0.25) is 0 Å². The SMILES string of the molecule is C=CC(=O)OCC(C)OC(=O)C=C.C=CC(=O)OCCOC(=O)C=C. The van der Waals surface area contributed by atoms with Gasteiger partial charge in [0.1, 0.15) is 25.9 Å². The second-order valence-electron chi connectivity index (χ2n) is 4.03. The summed E-state index contributed by atoms with van der Waals surface area (Å²) in [6.45, 7) is 14.5. The van der Waals surface area contributed by atoms with Crippen LogP contribution in [0.25, 0.3) is 0 Å². The molecule has 0 radical (unpaired) electrons. The molecule has 0 aromatic carbocycles. The summed E-state index contributed by atoms with van der Waals surface area (Å²) in [6, 6.07) is 0. The van der Waals surface area contributed by atoms with Gasteiger partial charge in [0.25, 0.3) is 0 Å². The predicted octanol–water partition coefficient (Wildman–Crippen LogP) is 1.28. The van der Waals surface area contributed by atoms with Crippen LogP contribution in [0.15, 0.2) is 50.6 Å². The monoisotopic (exact) mass is 354 g/mol. The number of carbonyl (C=O) groups is 4. The van der Waals surface area contributed by atoms with Crippen molar-refractivity contribution < 1.29 is 38.1 Å². The van der Waals surface area contributed by atoms with E-state index in [4.69, 9.17) is 4.74 Å². The highest BCUT2D eigenvalue weighted by atomic mass is 16.6. The van der Waals surface area contributed by atoms with Gasteiger partial charge in [0.15, 0.2) is 0 Å². The molecule has 0 aromatic heterocycles. The van der Waals surface area contributed by atoms with Crippen molar-refractivity contribution in [3.8, 4) is 0 Å². The molecule has 0 spiro atoms. The average molecular weight is 354 g/mol. The van der Waals surface area contributed by atoms with Gasteiger partial charge < -0.3 is 18.9 Å². The molecule has 8 nitrogen and oxygen atoms in total. The van der Waals surface area contributed by atoms with Crippen LogP contribution in [0.2, 0.25) is 0 Å². The Bertz CT molecular complexity index is 485. The minimum absolute atomic E-state index is 0.0183. The van der Waals surface area contributed by atoms with Gasteiger partial charge in [-0.1, -0.05) is 26.3 Å². The highest BCUT2D eigenvalue weighted by Gasteiger charge is 2.07. The Labute approximate surface area is 146 Å². The van der Waals surface area contributed by atoms with Crippen molar-refractivity contribution in [2.24, 2.45) is 0 Å². The lowest BCUT2D eigenvalue weighted by atomic mass is 10.4. The number of ether oxygens (including phenoxy) is 4. The van der Waals surface area contributed by atoms with Crippen LogP contribution < -0.4 is 0 Å². The molecule has 1 atom stereocenters. The largest absolute Gasteiger partial charge is 0.459 e. The summed E-state index contributed by atoms with van der Waals surface area (Å²) in [5.41, 5.74) is 0. The van der Waals surface area contributed by atoms with Crippen LogP contribution in [0.1, 0.15) is 6.92 Å². The van der Waals surface area contributed by atoms with Crippen molar-refractivity contribution in [1.29, 1.82) is 0 Å². The molecule has 0 aliphatic rings. The van der Waals surface area contributed by atoms with E-state index in [1.807, 2.05) is 0 Å². The van der Waals surface area contributed by atoms with E-state index >= 15 is 0 Å². The summed E-state index contributed by atoms with van der Waals surface area (Å²) in [5, 5.41) is 0. The molecule has 1 unspecified atom stereocenters. The Hall–Kier alpha value is -3.16. The number of hydrogen-bond acceptors (Lipinski definition) is 8. The highest BCUT2D eigenvalue weighted by molar-refractivity contribution is 5.82. The second kappa shape index (κ2) is 15.7. The normalized spacial score (nSPS) is 9.80. The molecule has 0 saturated carbocycles. The molecule has 0 N–H and O–H groups in total. The maximum atomic E-state index is 10.6. The minimum atomic E-state index is -0.540. The first-order valence-corrected chi connectivity index (χ1v) is 7.01. The van der Waals surface area contributed by atoms with E-state index in [9.17, 15) is 19.2 Å². The lowest BCUT2D eigenvalue weighted by Crippen LogP contribution is -2.20. The van der Waals surface area contributed by atoms with Gasteiger partial charge in [-0.2, -0.15) is 0 Å². The molecule has 0 aliphatic heterocycles. The van der Waals surface area contributed by atoms with Gasteiger partial charge in [-0.05, 0) is 6.92 Å². The Morgan fingerprint density at radius 1 is 0.720 bits per heavy atom. The summed E-state index contributed by atoms with van der Waals surface area (Å²) in [7, 11) is 0. The summed E-state index contributed by atoms with van der Waals surface area (Å²) in [6.07, 6.45) is 3.69. The number of esters is 4. The zero-order chi connectivity index (χ0) is 19.7. The third-order valence-corrected chi connectivity index (χ3v) is 2.02. The van der Waals surface area contributed by atoms with Gasteiger partial charge in [-0.3, -0.25) is 0 Å². The van der Waals surface area contributed by atoms with E-state index in [2.05, 4.69) is 40.5 Å². The first kappa shape index (κ1) is 24.1. The molecular weight excluding hydrogens is 332 g/mol. The minimum Gasteiger partial charge on any atom is -0.459 e. The van der Waals surface area contributed by atoms with Crippen LogP contribution in [-0.4, -0.2) is 49.8 Å². The number of rotatable bonds is 10. The standard InChI is InChI=1S/C9H12O4.C8H10O4/c1-4-8(10)12-6-7(3)13-9(11)5-2;1-3-7(9)11-5-6-12-8(10)4-2/h4-5,7H,1-2,6H2,3H3;3-4H,1-2,5-6H2. The van der Waals surface area contributed by atoms with Crippen molar-refractivity contribution in [1.82, 2.24) is 0 Å². The van der Waals surface area contributed by atoms with Gasteiger partial charge in [-0.15, -0.1) is 0 Å². The number of hydrogen-bond donors (Lipinski definition) is 0. The second-order valence-corrected chi connectivity index (χ2v) is 4.03. The molecule has 0 aliphatic carbocycles. The third kappa shape index (κ3) is 17.0. The van der Waals surface area contributed by atoms with Crippen LogP contribution in [-0.2, 0) is 38.1 Å². The fourth-order valence-electron chi connectivity index (χ4n) is 0.941. The molecule has 0 rings (SSSR count). The summed E-state index contributed by atoms with van der Waals surface area (Å²) >= 11 is 0. The molecule has 0 bridgehead atoms. The van der Waals surface area contributed by atoms with Gasteiger partial charge in [-0.25, -0.2) is 19.2 Å². The first-order valence-electron chi connectivity index (χ1n) is 7.01. The third-order valence-electron chi connectivity index (χ3n) is 2.02. The van der Waals surface area contributed by atoms with Gasteiger partial charge >= 0.3 is 23.9 Å². The van der Waals surface area contributed by atoms with Crippen LogP contribution in [0, 0.1) is 0 Å². The Morgan fingerprint density at radius 3 is 1.44 bits per heavy atom.